The molecule has 134 valence electrons. The molecule has 0 nitrogen and oxygen atoms in total. The molecule has 0 amide bonds. The summed E-state index contributed by atoms with van der Waals surface area (Å²) in [6.07, 6.45) is 19.7. The fraction of sp³-hybridized carbons (Fsp3) is 0.440. The molecule has 4 atom stereocenters. The Bertz CT molecular complexity index is 864. The Kier molecular flexibility index (Phi) is 4.08. The highest BCUT2D eigenvalue weighted by molar-refractivity contribution is 14.1. The van der Waals surface area contributed by atoms with Gasteiger partial charge >= 0.3 is 0 Å². The van der Waals surface area contributed by atoms with Crippen LogP contribution in [0, 0.1) is 23.2 Å². The fourth-order valence-corrected chi connectivity index (χ4v) is 6.69. The predicted molar refractivity (Wildman–Crippen MR) is 119 cm³/mol. The van der Waals surface area contributed by atoms with Gasteiger partial charge in [-0.1, -0.05) is 68.0 Å². The third-order valence-corrected chi connectivity index (χ3v) is 8.19. The van der Waals surface area contributed by atoms with Gasteiger partial charge in [0.2, 0.25) is 0 Å². The van der Waals surface area contributed by atoms with Gasteiger partial charge in [-0.2, -0.15) is 0 Å². The van der Waals surface area contributed by atoms with E-state index in [0.717, 1.165) is 17.8 Å². The lowest BCUT2D eigenvalue weighted by Crippen LogP contribution is -2.27. The van der Waals surface area contributed by atoms with Crippen molar-refractivity contribution in [2.24, 2.45) is 23.2 Å². The van der Waals surface area contributed by atoms with E-state index in [1.54, 1.807) is 16.7 Å². The summed E-state index contributed by atoms with van der Waals surface area (Å²) in [7, 11) is 0. The van der Waals surface area contributed by atoms with Crippen molar-refractivity contribution >= 4 is 28.7 Å². The first-order valence-corrected chi connectivity index (χ1v) is 11.2. The number of hydrogen-bond donors (Lipinski definition) is 0. The molecule has 1 fully saturated rings. The molecule has 0 spiro atoms. The Morgan fingerprint density at radius 1 is 1.15 bits per heavy atom. The molecule has 0 aromatic heterocycles. The summed E-state index contributed by atoms with van der Waals surface area (Å²) in [4.78, 5) is 0. The van der Waals surface area contributed by atoms with E-state index in [0.29, 0.717) is 11.3 Å². The van der Waals surface area contributed by atoms with Gasteiger partial charge in [-0.25, -0.2) is 0 Å². The first-order chi connectivity index (χ1) is 12.6. The molecule has 1 aromatic carbocycles. The van der Waals surface area contributed by atoms with Crippen molar-refractivity contribution < 1.29 is 0 Å². The van der Waals surface area contributed by atoms with E-state index in [1.807, 2.05) is 0 Å². The van der Waals surface area contributed by atoms with Gasteiger partial charge < -0.3 is 0 Å². The third kappa shape index (κ3) is 2.53. The molecule has 0 bridgehead atoms. The maximum atomic E-state index is 2.59. The zero-order valence-corrected chi connectivity index (χ0v) is 17.9. The number of hydrogen-bond acceptors (Lipinski definition) is 0. The summed E-state index contributed by atoms with van der Waals surface area (Å²) in [5, 5.41) is 0. The van der Waals surface area contributed by atoms with Crippen LogP contribution in [0.25, 0.3) is 6.08 Å². The summed E-state index contributed by atoms with van der Waals surface area (Å²) in [6, 6.07) is 6.94. The fourth-order valence-electron chi connectivity index (χ4n) is 6.10. The summed E-state index contributed by atoms with van der Waals surface area (Å²) in [5.74, 6) is 2.82. The Labute approximate surface area is 171 Å². The lowest BCUT2D eigenvalue weighted by molar-refractivity contribution is 0.226. The normalized spacial score (nSPS) is 33.8. The van der Waals surface area contributed by atoms with Gasteiger partial charge in [-0.15, -0.1) is 0 Å². The maximum absolute atomic E-state index is 2.59. The van der Waals surface area contributed by atoms with Crippen molar-refractivity contribution in [2.75, 3.05) is 0 Å². The van der Waals surface area contributed by atoms with Gasteiger partial charge in [0, 0.05) is 9.50 Å². The minimum Gasteiger partial charge on any atom is -0.0839 e. The van der Waals surface area contributed by atoms with Gasteiger partial charge in [-0.05, 0) is 94.2 Å². The molecule has 0 saturated heterocycles. The van der Waals surface area contributed by atoms with Gasteiger partial charge in [0.15, 0.2) is 0 Å². The van der Waals surface area contributed by atoms with Crippen LogP contribution >= 0.6 is 22.6 Å². The maximum Gasteiger partial charge on any atom is 0.00900 e. The molecule has 0 N–H and O–H groups in total. The molecule has 1 aromatic rings. The van der Waals surface area contributed by atoms with Gasteiger partial charge in [0.25, 0.3) is 0 Å². The average Bonchev–Trinajstić information content (AvgIpc) is 2.88. The molecule has 0 heterocycles. The van der Waals surface area contributed by atoms with Crippen molar-refractivity contribution in [2.45, 2.75) is 45.4 Å². The Hall–Kier alpha value is -1.09. The Morgan fingerprint density at radius 2 is 2.04 bits per heavy atom. The van der Waals surface area contributed by atoms with E-state index >= 15 is 0 Å². The van der Waals surface area contributed by atoms with Crippen molar-refractivity contribution in [3.8, 4) is 0 Å². The second kappa shape index (κ2) is 6.22. The zero-order chi connectivity index (χ0) is 17.9. The Morgan fingerprint density at radius 3 is 2.92 bits per heavy atom. The quantitative estimate of drug-likeness (QED) is 0.310. The molecule has 0 radical (unpaired) electrons. The molecule has 5 rings (SSSR count). The van der Waals surface area contributed by atoms with Gasteiger partial charge in [-0.3, -0.25) is 0 Å². The van der Waals surface area contributed by atoms with E-state index < -0.39 is 0 Å². The number of rotatable bonds is 1. The molecule has 1 heteroatoms. The van der Waals surface area contributed by atoms with E-state index in [2.05, 4.69) is 91.1 Å². The first kappa shape index (κ1) is 17.0. The van der Waals surface area contributed by atoms with Crippen LogP contribution in [0.2, 0.25) is 0 Å². The second-order valence-electron chi connectivity index (χ2n) is 9.02. The topological polar surface area (TPSA) is 0 Å². The summed E-state index contributed by atoms with van der Waals surface area (Å²) < 4.78 is 1.44. The standard InChI is InChI=1S/C25H27I/c1-25(2)23-14-17(20-9-5-7-16-6-3-4-8-19(16)20)10-12-21(23)22-13-11-18(26)15-24(22)25/h3,5-7,9-12,15,17,21-23H,4,8,13-14H2,1-2H3. The first-order valence-electron chi connectivity index (χ1n) is 10.1. The second-order valence-corrected chi connectivity index (χ2v) is 10.3. The van der Waals surface area contributed by atoms with E-state index in [4.69, 9.17) is 0 Å². The smallest absolute Gasteiger partial charge is 0.00900 e. The molecule has 4 aliphatic carbocycles. The lowest BCUT2D eigenvalue weighted by Gasteiger charge is -2.36. The molecule has 4 unspecified atom stereocenters. The van der Waals surface area contributed by atoms with Crippen molar-refractivity contribution in [1.29, 1.82) is 0 Å². The molecule has 26 heavy (non-hydrogen) atoms. The van der Waals surface area contributed by atoms with Crippen LogP contribution in [0.5, 0.6) is 0 Å². The monoisotopic (exact) mass is 454 g/mol. The highest BCUT2D eigenvalue weighted by Crippen LogP contribution is 2.61. The predicted octanol–water partition coefficient (Wildman–Crippen LogP) is 7.23. The number of fused-ring (bicyclic) bond motifs is 4. The average molecular weight is 454 g/mol. The summed E-state index contributed by atoms with van der Waals surface area (Å²) in [5.41, 5.74) is 6.67. The number of allylic oxidation sites excluding steroid dienone is 7. The SMILES string of the molecule is CC1(C)C2=CC(I)=CCC2C2C=CC(c3cccc4c3CCC=C4)CC21. The summed E-state index contributed by atoms with van der Waals surface area (Å²) in [6.45, 7) is 5.01. The van der Waals surface area contributed by atoms with E-state index in [9.17, 15) is 0 Å². The van der Waals surface area contributed by atoms with Crippen LogP contribution in [-0.4, -0.2) is 0 Å². The zero-order valence-electron chi connectivity index (χ0n) is 15.7. The van der Waals surface area contributed by atoms with Crippen molar-refractivity contribution in [3.63, 3.8) is 0 Å². The lowest BCUT2D eigenvalue weighted by atomic mass is 9.68. The summed E-state index contributed by atoms with van der Waals surface area (Å²) >= 11 is 2.50. The largest absolute Gasteiger partial charge is 0.0839 e. The number of halogens is 1. The van der Waals surface area contributed by atoms with Crippen LogP contribution in [0.3, 0.4) is 0 Å². The third-order valence-electron chi connectivity index (χ3n) is 7.44. The van der Waals surface area contributed by atoms with Crippen LogP contribution in [0.1, 0.15) is 55.7 Å². The molecular formula is C25H27I. The van der Waals surface area contributed by atoms with Gasteiger partial charge in [0.1, 0.15) is 0 Å². The van der Waals surface area contributed by atoms with E-state index in [1.165, 1.54) is 34.8 Å². The highest BCUT2D eigenvalue weighted by Gasteiger charge is 2.52. The van der Waals surface area contributed by atoms with Crippen molar-refractivity contribution in [1.82, 2.24) is 0 Å². The minimum absolute atomic E-state index is 0.317. The van der Waals surface area contributed by atoms with Crippen molar-refractivity contribution in [3.05, 3.63) is 74.4 Å². The number of benzene rings is 1. The minimum atomic E-state index is 0.317. The molecule has 0 aliphatic heterocycles. The van der Waals surface area contributed by atoms with Crippen LogP contribution in [0.15, 0.2) is 57.7 Å². The van der Waals surface area contributed by atoms with Crippen LogP contribution in [0.4, 0.5) is 0 Å². The Balaban J connectivity index is 1.52. The van der Waals surface area contributed by atoms with Gasteiger partial charge in [0.05, 0.1) is 0 Å². The highest BCUT2D eigenvalue weighted by atomic mass is 127. The van der Waals surface area contributed by atoms with Crippen LogP contribution in [-0.2, 0) is 6.42 Å². The molecule has 4 aliphatic rings. The molecule has 1 saturated carbocycles. The van der Waals surface area contributed by atoms with E-state index in [-0.39, 0.29) is 0 Å². The molecular weight excluding hydrogens is 427 g/mol. The van der Waals surface area contributed by atoms with Crippen LogP contribution < -0.4 is 0 Å².